The third-order valence-electron chi connectivity index (χ3n) is 3.67. The third kappa shape index (κ3) is 4.64. The summed E-state index contributed by atoms with van der Waals surface area (Å²) in [5.41, 5.74) is 0. The average molecular weight is 241 g/mol. The molecule has 0 aromatic carbocycles. The average Bonchev–Trinajstić information content (AvgIpc) is 2.33. The van der Waals surface area contributed by atoms with Gasteiger partial charge in [0.25, 0.3) is 0 Å². The van der Waals surface area contributed by atoms with Crippen molar-refractivity contribution in [1.29, 1.82) is 0 Å². The van der Waals surface area contributed by atoms with Crippen LogP contribution in [0.2, 0.25) is 0 Å². The maximum Gasteiger partial charge on any atom is 0.236 e. The molecule has 0 spiro atoms. The first kappa shape index (κ1) is 14.5. The van der Waals surface area contributed by atoms with E-state index in [1.165, 1.54) is 12.8 Å². The molecule has 0 atom stereocenters. The Morgan fingerprint density at radius 1 is 1.29 bits per heavy atom. The number of likely N-dealkylation sites (tertiary alicyclic amines) is 1. The second-order valence-corrected chi connectivity index (χ2v) is 4.84. The van der Waals surface area contributed by atoms with Crippen molar-refractivity contribution < 1.29 is 4.79 Å². The topological polar surface area (TPSA) is 35.6 Å². The zero-order valence-corrected chi connectivity index (χ0v) is 11.5. The van der Waals surface area contributed by atoms with Gasteiger partial charge < -0.3 is 10.2 Å². The van der Waals surface area contributed by atoms with E-state index in [0.717, 1.165) is 38.6 Å². The molecule has 0 bridgehead atoms. The number of nitrogens with zero attached hydrogens (tertiary/aromatic N) is 2. The highest BCUT2D eigenvalue weighted by Crippen LogP contribution is 2.16. The van der Waals surface area contributed by atoms with Gasteiger partial charge in [0.05, 0.1) is 6.54 Å². The summed E-state index contributed by atoms with van der Waals surface area (Å²) in [4.78, 5) is 16.2. The Hall–Kier alpha value is -0.610. The number of hydrogen-bond donors (Lipinski definition) is 1. The van der Waals surface area contributed by atoms with Crippen LogP contribution < -0.4 is 5.32 Å². The molecule has 17 heavy (non-hydrogen) atoms. The Morgan fingerprint density at radius 2 is 1.88 bits per heavy atom. The van der Waals surface area contributed by atoms with Crippen LogP contribution in [0.4, 0.5) is 0 Å². The molecule has 0 aromatic heterocycles. The van der Waals surface area contributed by atoms with Crippen LogP contribution in [0.3, 0.4) is 0 Å². The predicted octanol–water partition coefficient (Wildman–Crippen LogP) is 0.786. The van der Waals surface area contributed by atoms with Crippen LogP contribution in [0.5, 0.6) is 0 Å². The van der Waals surface area contributed by atoms with Crippen molar-refractivity contribution in [1.82, 2.24) is 15.1 Å². The number of rotatable bonds is 6. The van der Waals surface area contributed by atoms with Gasteiger partial charge >= 0.3 is 0 Å². The maximum absolute atomic E-state index is 12.0. The van der Waals surface area contributed by atoms with E-state index in [4.69, 9.17) is 0 Å². The lowest BCUT2D eigenvalue weighted by atomic mass is 9.97. The van der Waals surface area contributed by atoms with Gasteiger partial charge in [-0.2, -0.15) is 0 Å². The first-order valence-corrected chi connectivity index (χ1v) is 6.85. The molecule has 4 nitrogen and oxygen atoms in total. The highest BCUT2D eigenvalue weighted by atomic mass is 16.2. The lowest BCUT2D eigenvalue weighted by molar-refractivity contribution is -0.132. The van der Waals surface area contributed by atoms with Gasteiger partial charge in [0.15, 0.2) is 0 Å². The second kappa shape index (κ2) is 7.67. The van der Waals surface area contributed by atoms with Crippen LogP contribution >= 0.6 is 0 Å². The summed E-state index contributed by atoms with van der Waals surface area (Å²) in [7, 11) is 2.01. The number of hydrogen-bond acceptors (Lipinski definition) is 3. The summed E-state index contributed by atoms with van der Waals surface area (Å²) in [5, 5.41) is 3.24. The first-order valence-electron chi connectivity index (χ1n) is 6.85. The molecule has 0 saturated carbocycles. The van der Waals surface area contributed by atoms with E-state index >= 15 is 0 Å². The second-order valence-electron chi connectivity index (χ2n) is 4.84. The van der Waals surface area contributed by atoms with Gasteiger partial charge in [0, 0.05) is 13.1 Å². The Labute approximate surface area is 105 Å². The van der Waals surface area contributed by atoms with E-state index in [1.54, 1.807) is 0 Å². The number of nitrogens with one attached hydrogen (secondary N) is 1. The van der Waals surface area contributed by atoms with Crippen molar-refractivity contribution in [3.05, 3.63) is 0 Å². The minimum Gasteiger partial charge on any atom is -0.342 e. The molecular weight excluding hydrogens is 214 g/mol. The van der Waals surface area contributed by atoms with Crippen LogP contribution in [-0.2, 0) is 4.79 Å². The Bertz CT molecular complexity index is 221. The highest BCUT2D eigenvalue weighted by Gasteiger charge is 2.21. The van der Waals surface area contributed by atoms with Gasteiger partial charge in [0.1, 0.15) is 0 Å². The Morgan fingerprint density at radius 3 is 2.35 bits per heavy atom. The molecular formula is C13H27N3O. The minimum atomic E-state index is 0.280. The summed E-state index contributed by atoms with van der Waals surface area (Å²) in [6.45, 7) is 9.59. The summed E-state index contributed by atoms with van der Waals surface area (Å²) < 4.78 is 0. The highest BCUT2D eigenvalue weighted by molar-refractivity contribution is 5.78. The van der Waals surface area contributed by atoms with Crippen molar-refractivity contribution in [3.63, 3.8) is 0 Å². The molecule has 0 radical (unpaired) electrons. The molecule has 1 fully saturated rings. The van der Waals surface area contributed by atoms with E-state index in [1.807, 2.05) is 25.8 Å². The number of carbonyl (C=O) groups is 1. The van der Waals surface area contributed by atoms with E-state index in [9.17, 15) is 4.79 Å². The molecule has 0 aromatic rings. The fourth-order valence-corrected chi connectivity index (χ4v) is 2.50. The van der Waals surface area contributed by atoms with Crippen LogP contribution in [-0.4, -0.2) is 62.0 Å². The lowest BCUT2D eigenvalue weighted by Gasteiger charge is -2.32. The van der Waals surface area contributed by atoms with E-state index < -0.39 is 0 Å². The molecule has 1 amide bonds. The van der Waals surface area contributed by atoms with Gasteiger partial charge in [-0.05, 0) is 59.3 Å². The van der Waals surface area contributed by atoms with E-state index in [2.05, 4.69) is 10.2 Å². The summed E-state index contributed by atoms with van der Waals surface area (Å²) in [6, 6.07) is 0. The van der Waals surface area contributed by atoms with Crippen molar-refractivity contribution >= 4 is 5.91 Å². The fraction of sp³-hybridized carbons (Fsp3) is 0.923. The monoisotopic (exact) mass is 241 g/mol. The zero-order valence-electron chi connectivity index (χ0n) is 11.5. The van der Waals surface area contributed by atoms with Crippen LogP contribution in [0.1, 0.15) is 26.7 Å². The van der Waals surface area contributed by atoms with Crippen LogP contribution in [0, 0.1) is 5.92 Å². The number of carbonyl (C=O) groups excluding carboxylic acids is 1. The summed E-state index contributed by atoms with van der Waals surface area (Å²) in [6.07, 6.45) is 2.43. The van der Waals surface area contributed by atoms with Gasteiger partial charge in [0.2, 0.25) is 5.91 Å². The standard InChI is InChI=1S/C13H27N3O/c1-4-16(5-2)13(17)11-15-8-6-12(7-9-15)10-14-3/h12,14H,4-11H2,1-3H3. The quantitative estimate of drug-likeness (QED) is 0.747. The minimum absolute atomic E-state index is 0.280. The van der Waals surface area contributed by atoms with Gasteiger partial charge in [-0.1, -0.05) is 0 Å². The predicted molar refractivity (Wildman–Crippen MR) is 71.0 cm³/mol. The normalized spacial score (nSPS) is 18.3. The fourth-order valence-electron chi connectivity index (χ4n) is 2.50. The van der Waals surface area contributed by atoms with Crippen molar-refractivity contribution in [2.45, 2.75) is 26.7 Å². The maximum atomic E-state index is 12.0. The largest absolute Gasteiger partial charge is 0.342 e. The molecule has 0 unspecified atom stereocenters. The molecule has 1 aliphatic heterocycles. The molecule has 1 aliphatic rings. The summed E-state index contributed by atoms with van der Waals surface area (Å²) >= 11 is 0. The lowest BCUT2D eigenvalue weighted by Crippen LogP contribution is -2.44. The Balaban J connectivity index is 2.27. The summed E-state index contributed by atoms with van der Waals surface area (Å²) in [5.74, 6) is 1.07. The first-order chi connectivity index (χ1) is 8.21. The van der Waals surface area contributed by atoms with Crippen molar-refractivity contribution in [2.24, 2.45) is 5.92 Å². The third-order valence-corrected chi connectivity index (χ3v) is 3.67. The van der Waals surface area contributed by atoms with Gasteiger partial charge in [-0.25, -0.2) is 0 Å². The zero-order chi connectivity index (χ0) is 12.7. The molecule has 0 aliphatic carbocycles. The molecule has 100 valence electrons. The van der Waals surface area contributed by atoms with E-state index in [0.29, 0.717) is 6.54 Å². The van der Waals surface area contributed by atoms with Crippen LogP contribution in [0.15, 0.2) is 0 Å². The SMILES string of the molecule is CCN(CC)C(=O)CN1CCC(CNC)CC1. The molecule has 4 heteroatoms. The number of likely N-dealkylation sites (N-methyl/N-ethyl adjacent to an activating group) is 1. The van der Waals surface area contributed by atoms with Crippen LogP contribution in [0.25, 0.3) is 0 Å². The number of amides is 1. The molecule has 1 N–H and O–H groups in total. The smallest absolute Gasteiger partial charge is 0.236 e. The molecule has 1 heterocycles. The number of piperidine rings is 1. The van der Waals surface area contributed by atoms with Crippen molar-refractivity contribution in [3.8, 4) is 0 Å². The molecule has 1 saturated heterocycles. The van der Waals surface area contributed by atoms with Crippen molar-refractivity contribution in [2.75, 3.05) is 46.3 Å². The van der Waals surface area contributed by atoms with Gasteiger partial charge in [-0.15, -0.1) is 0 Å². The van der Waals surface area contributed by atoms with Gasteiger partial charge in [-0.3, -0.25) is 9.69 Å². The van der Waals surface area contributed by atoms with E-state index in [-0.39, 0.29) is 5.91 Å². The Kier molecular flexibility index (Phi) is 6.52. The molecule has 1 rings (SSSR count).